The molecule has 5 heteroatoms. The topological polar surface area (TPSA) is 49.5 Å². The Kier molecular flexibility index (Phi) is 4.85. The van der Waals surface area contributed by atoms with Crippen LogP contribution in [0.1, 0.15) is 24.0 Å². The third-order valence-corrected chi connectivity index (χ3v) is 3.86. The molecule has 0 aromatic heterocycles. The van der Waals surface area contributed by atoms with E-state index in [2.05, 4.69) is 4.90 Å². The van der Waals surface area contributed by atoms with Gasteiger partial charge in [0.1, 0.15) is 10.8 Å². The maximum Gasteiger partial charge on any atom is 0.123 e. The lowest BCUT2D eigenvalue weighted by molar-refractivity contribution is 0.249. The first-order valence-electron chi connectivity index (χ1n) is 6.51. The highest BCUT2D eigenvalue weighted by Crippen LogP contribution is 2.22. The Labute approximate surface area is 118 Å². The average molecular weight is 282 g/mol. The van der Waals surface area contributed by atoms with Gasteiger partial charge in [0.15, 0.2) is 0 Å². The van der Waals surface area contributed by atoms with E-state index in [9.17, 15) is 4.39 Å². The summed E-state index contributed by atoms with van der Waals surface area (Å²) in [5.41, 5.74) is 7.24. The zero-order chi connectivity index (χ0) is 13.8. The van der Waals surface area contributed by atoms with E-state index in [1.54, 1.807) is 6.07 Å². The molecule has 0 spiro atoms. The highest BCUT2D eigenvalue weighted by molar-refractivity contribution is 7.80. The van der Waals surface area contributed by atoms with Gasteiger partial charge < -0.3 is 10.8 Å². The molecule has 2 rings (SSSR count). The van der Waals surface area contributed by atoms with Crippen molar-refractivity contribution in [3.05, 3.63) is 35.1 Å². The zero-order valence-electron chi connectivity index (χ0n) is 10.8. The lowest BCUT2D eigenvalue weighted by Gasteiger charge is -2.18. The van der Waals surface area contributed by atoms with E-state index in [0.717, 1.165) is 38.0 Å². The second kappa shape index (κ2) is 6.41. The number of halogens is 1. The summed E-state index contributed by atoms with van der Waals surface area (Å²) in [7, 11) is 0. The predicted molar refractivity (Wildman–Crippen MR) is 77.4 cm³/mol. The normalized spacial score (nSPS) is 19.8. The van der Waals surface area contributed by atoms with Crippen LogP contribution in [0.15, 0.2) is 18.2 Å². The van der Waals surface area contributed by atoms with Crippen molar-refractivity contribution in [2.75, 3.05) is 19.7 Å². The van der Waals surface area contributed by atoms with E-state index in [1.165, 1.54) is 12.1 Å². The minimum absolute atomic E-state index is 0.237. The van der Waals surface area contributed by atoms with Crippen LogP contribution in [0.5, 0.6) is 0 Å². The van der Waals surface area contributed by atoms with Crippen molar-refractivity contribution in [3.8, 4) is 0 Å². The molecule has 1 fully saturated rings. The molecule has 19 heavy (non-hydrogen) atoms. The molecule has 0 bridgehead atoms. The van der Waals surface area contributed by atoms with E-state index in [-0.39, 0.29) is 17.4 Å². The van der Waals surface area contributed by atoms with Gasteiger partial charge in [-0.2, -0.15) is 0 Å². The van der Waals surface area contributed by atoms with Crippen LogP contribution < -0.4 is 5.73 Å². The number of hydrogen-bond acceptors (Lipinski definition) is 3. The lowest BCUT2D eigenvalue weighted by Crippen LogP contribution is -2.23. The van der Waals surface area contributed by atoms with Crippen LogP contribution in [0.3, 0.4) is 0 Å². The molecule has 0 amide bonds. The quantitative estimate of drug-likeness (QED) is 0.807. The Morgan fingerprint density at radius 3 is 3.00 bits per heavy atom. The first kappa shape index (κ1) is 14.4. The molecule has 1 heterocycles. The van der Waals surface area contributed by atoms with Crippen LogP contribution in [0, 0.1) is 11.7 Å². The van der Waals surface area contributed by atoms with E-state index >= 15 is 0 Å². The molecule has 1 unspecified atom stereocenters. The maximum atomic E-state index is 13.2. The van der Waals surface area contributed by atoms with Gasteiger partial charge in [0.25, 0.3) is 0 Å². The van der Waals surface area contributed by atoms with Crippen LogP contribution in [-0.4, -0.2) is 34.7 Å². The van der Waals surface area contributed by atoms with Gasteiger partial charge in [-0.3, -0.25) is 4.90 Å². The molecule has 104 valence electrons. The molecular weight excluding hydrogens is 263 g/mol. The molecule has 3 N–H and O–H groups in total. The number of nitrogens with zero attached hydrogens (tertiary/aromatic N) is 1. The van der Waals surface area contributed by atoms with Gasteiger partial charge in [-0.25, -0.2) is 4.39 Å². The van der Waals surface area contributed by atoms with Crippen molar-refractivity contribution in [1.82, 2.24) is 4.90 Å². The summed E-state index contributed by atoms with van der Waals surface area (Å²) in [6.07, 6.45) is 1.95. The molecular formula is C14H19FN2OS. The van der Waals surface area contributed by atoms with Crippen molar-refractivity contribution >= 4 is 17.2 Å². The van der Waals surface area contributed by atoms with Gasteiger partial charge in [0, 0.05) is 25.3 Å². The number of likely N-dealkylation sites (tertiary alicyclic amines) is 1. The summed E-state index contributed by atoms with van der Waals surface area (Å²) in [5.74, 6) is 0.241. The third-order valence-electron chi connectivity index (χ3n) is 3.64. The van der Waals surface area contributed by atoms with Crippen LogP contribution in [0.4, 0.5) is 4.39 Å². The van der Waals surface area contributed by atoms with Gasteiger partial charge in [0.2, 0.25) is 0 Å². The first-order valence-corrected chi connectivity index (χ1v) is 6.92. The zero-order valence-corrected chi connectivity index (χ0v) is 11.6. The second-order valence-corrected chi connectivity index (χ2v) is 5.51. The number of aliphatic hydroxyl groups excluding tert-OH is 1. The Hall–Kier alpha value is -1.04. The molecule has 1 aliphatic rings. The SMILES string of the molecule is NC(=S)c1cc(F)ccc1CN1CCC(CCO)C1. The molecule has 1 saturated heterocycles. The molecule has 3 nitrogen and oxygen atoms in total. The lowest BCUT2D eigenvalue weighted by atomic mass is 10.1. The van der Waals surface area contributed by atoms with Gasteiger partial charge in [-0.1, -0.05) is 18.3 Å². The molecule has 0 saturated carbocycles. The number of hydrogen-bond donors (Lipinski definition) is 2. The fraction of sp³-hybridized carbons (Fsp3) is 0.500. The van der Waals surface area contributed by atoms with Crippen molar-refractivity contribution < 1.29 is 9.50 Å². The van der Waals surface area contributed by atoms with E-state index in [0.29, 0.717) is 11.5 Å². The third kappa shape index (κ3) is 3.72. The maximum absolute atomic E-state index is 13.2. The van der Waals surface area contributed by atoms with Gasteiger partial charge >= 0.3 is 0 Å². The van der Waals surface area contributed by atoms with Crippen LogP contribution in [-0.2, 0) is 6.54 Å². The first-order chi connectivity index (χ1) is 9.10. The number of aliphatic hydroxyl groups is 1. The van der Waals surface area contributed by atoms with Gasteiger partial charge in [0.05, 0.1) is 0 Å². The van der Waals surface area contributed by atoms with Crippen molar-refractivity contribution in [2.45, 2.75) is 19.4 Å². The summed E-state index contributed by atoms with van der Waals surface area (Å²) < 4.78 is 13.2. The average Bonchev–Trinajstić information content (AvgIpc) is 2.79. The second-order valence-electron chi connectivity index (χ2n) is 5.07. The van der Waals surface area contributed by atoms with Crippen molar-refractivity contribution in [2.24, 2.45) is 11.7 Å². The standard InChI is InChI=1S/C14H19FN2OS/c15-12-2-1-11(13(7-12)14(16)19)9-17-5-3-10(8-17)4-6-18/h1-2,7,10,18H,3-6,8-9H2,(H2,16,19). The smallest absolute Gasteiger partial charge is 0.123 e. The predicted octanol–water partition coefficient (Wildman–Crippen LogP) is 1.66. The number of benzene rings is 1. The van der Waals surface area contributed by atoms with E-state index in [1.807, 2.05) is 0 Å². The monoisotopic (exact) mass is 282 g/mol. The molecule has 0 aliphatic carbocycles. The summed E-state index contributed by atoms with van der Waals surface area (Å²) in [6, 6.07) is 4.60. The highest BCUT2D eigenvalue weighted by Gasteiger charge is 2.22. The van der Waals surface area contributed by atoms with Crippen molar-refractivity contribution in [3.63, 3.8) is 0 Å². The number of thiocarbonyl (C=S) groups is 1. The molecule has 1 aromatic rings. The fourth-order valence-electron chi connectivity index (χ4n) is 2.63. The van der Waals surface area contributed by atoms with Crippen LogP contribution in [0.2, 0.25) is 0 Å². The molecule has 1 aliphatic heterocycles. The van der Waals surface area contributed by atoms with Crippen LogP contribution in [0.25, 0.3) is 0 Å². The van der Waals surface area contributed by atoms with Gasteiger partial charge in [-0.05, 0) is 43.0 Å². The van der Waals surface area contributed by atoms with Crippen molar-refractivity contribution in [1.29, 1.82) is 0 Å². The summed E-state index contributed by atoms with van der Waals surface area (Å²) in [5, 5.41) is 8.96. The number of nitrogens with two attached hydrogens (primary N) is 1. The van der Waals surface area contributed by atoms with Crippen LogP contribution >= 0.6 is 12.2 Å². The molecule has 1 atom stereocenters. The molecule has 0 radical (unpaired) electrons. The Bertz CT molecular complexity index is 467. The summed E-state index contributed by atoms with van der Waals surface area (Å²) in [6.45, 7) is 2.94. The Morgan fingerprint density at radius 2 is 2.32 bits per heavy atom. The fourth-order valence-corrected chi connectivity index (χ4v) is 2.82. The van der Waals surface area contributed by atoms with E-state index < -0.39 is 0 Å². The van der Waals surface area contributed by atoms with E-state index in [4.69, 9.17) is 23.1 Å². The highest BCUT2D eigenvalue weighted by atomic mass is 32.1. The largest absolute Gasteiger partial charge is 0.396 e. The summed E-state index contributed by atoms with van der Waals surface area (Å²) >= 11 is 4.97. The van der Waals surface area contributed by atoms with Gasteiger partial charge in [-0.15, -0.1) is 0 Å². The minimum atomic E-state index is -0.314. The minimum Gasteiger partial charge on any atom is -0.396 e. The summed E-state index contributed by atoms with van der Waals surface area (Å²) in [4.78, 5) is 2.54. The number of rotatable bonds is 5. The Morgan fingerprint density at radius 1 is 1.53 bits per heavy atom. The Balaban J connectivity index is 2.05. The molecule has 1 aromatic carbocycles.